The summed E-state index contributed by atoms with van der Waals surface area (Å²) in [5.74, 6) is -0.0843. The SMILES string of the molecule is Cc1nn(C)c(Cl)c1/C=C/C(=O)NC(c1ccc(F)cc1)C1CCCC1. The first-order valence-electron chi connectivity index (χ1n) is 8.89. The van der Waals surface area contributed by atoms with Gasteiger partial charge >= 0.3 is 0 Å². The number of carbonyl (C=O) groups is 1. The van der Waals surface area contributed by atoms with E-state index in [2.05, 4.69) is 10.4 Å². The summed E-state index contributed by atoms with van der Waals surface area (Å²) < 4.78 is 14.8. The molecule has 4 nitrogen and oxygen atoms in total. The summed E-state index contributed by atoms with van der Waals surface area (Å²) in [4.78, 5) is 12.5. The van der Waals surface area contributed by atoms with Gasteiger partial charge in [0.1, 0.15) is 11.0 Å². The molecule has 0 aliphatic heterocycles. The van der Waals surface area contributed by atoms with Gasteiger partial charge in [-0.05, 0) is 49.5 Å². The van der Waals surface area contributed by atoms with Crippen LogP contribution in [-0.4, -0.2) is 15.7 Å². The molecule has 1 unspecified atom stereocenters. The molecule has 1 amide bonds. The van der Waals surface area contributed by atoms with Gasteiger partial charge in [-0.2, -0.15) is 5.10 Å². The van der Waals surface area contributed by atoms with Crippen molar-refractivity contribution >= 4 is 23.6 Å². The zero-order chi connectivity index (χ0) is 18.7. The Hall–Kier alpha value is -2.14. The van der Waals surface area contributed by atoms with Crippen molar-refractivity contribution in [1.82, 2.24) is 15.1 Å². The van der Waals surface area contributed by atoms with E-state index in [-0.39, 0.29) is 17.8 Å². The Labute approximate surface area is 158 Å². The third-order valence-electron chi connectivity index (χ3n) is 5.00. The monoisotopic (exact) mass is 375 g/mol. The second kappa shape index (κ2) is 8.04. The number of carbonyl (C=O) groups excluding carboxylic acids is 1. The first kappa shape index (κ1) is 18.6. The molecule has 2 aromatic rings. The Kier molecular flexibility index (Phi) is 5.77. The van der Waals surface area contributed by atoms with E-state index in [1.807, 2.05) is 6.92 Å². The first-order chi connectivity index (χ1) is 12.5. The molecule has 26 heavy (non-hydrogen) atoms. The smallest absolute Gasteiger partial charge is 0.244 e. The number of rotatable bonds is 5. The fourth-order valence-electron chi connectivity index (χ4n) is 3.63. The maximum Gasteiger partial charge on any atom is 0.244 e. The van der Waals surface area contributed by atoms with Crippen LogP contribution in [0.5, 0.6) is 0 Å². The highest BCUT2D eigenvalue weighted by Gasteiger charge is 2.27. The number of aryl methyl sites for hydroxylation is 2. The van der Waals surface area contributed by atoms with Crippen LogP contribution in [0.1, 0.15) is 48.5 Å². The summed E-state index contributed by atoms with van der Waals surface area (Å²) in [7, 11) is 1.76. The lowest BCUT2D eigenvalue weighted by Gasteiger charge is -2.24. The number of nitrogens with zero attached hydrogens (tertiary/aromatic N) is 2. The lowest BCUT2D eigenvalue weighted by atomic mass is 9.91. The molecule has 1 heterocycles. The van der Waals surface area contributed by atoms with Crippen molar-refractivity contribution in [1.29, 1.82) is 0 Å². The highest BCUT2D eigenvalue weighted by molar-refractivity contribution is 6.31. The van der Waals surface area contributed by atoms with E-state index >= 15 is 0 Å². The van der Waals surface area contributed by atoms with Crippen molar-refractivity contribution in [2.45, 2.75) is 38.6 Å². The highest BCUT2D eigenvalue weighted by Crippen LogP contribution is 2.35. The Bertz CT molecular complexity index is 807. The molecule has 1 aliphatic carbocycles. The van der Waals surface area contributed by atoms with Gasteiger partial charge in [-0.25, -0.2) is 4.39 Å². The van der Waals surface area contributed by atoms with Crippen molar-refractivity contribution in [2.24, 2.45) is 13.0 Å². The predicted molar refractivity (Wildman–Crippen MR) is 101 cm³/mol. The largest absolute Gasteiger partial charge is 0.345 e. The van der Waals surface area contributed by atoms with Gasteiger partial charge in [-0.3, -0.25) is 9.48 Å². The lowest BCUT2D eigenvalue weighted by molar-refractivity contribution is -0.117. The third kappa shape index (κ3) is 4.15. The number of amides is 1. The third-order valence-corrected chi connectivity index (χ3v) is 5.44. The fraction of sp³-hybridized carbons (Fsp3) is 0.400. The molecule has 1 saturated carbocycles. The van der Waals surface area contributed by atoms with Gasteiger partial charge in [-0.1, -0.05) is 36.6 Å². The summed E-state index contributed by atoms with van der Waals surface area (Å²) in [5, 5.41) is 7.82. The molecule has 6 heteroatoms. The Morgan fingerprint density at radius 2 is 2.00 bits per heavy atom. The number of benzene rings is 1. The molecular weight excluding hydrogens is 353 g/mol. The number of hydrogen-bond acceptors (Lipinski definition) is 2. The summed E-state index contributed by atoms with van der Waals surface area (Å²) in [6.45, 7) is 1.85. The van der Waals surface area contributed by atoms with E-state index in [4.69, 9.17) is 11.6 Å². The minimum Gasteiger partial charge on any atom is -0.345 e. The summed E-state index contributed by atoms with van der Waals surface area (Å²) in [5.41, 5.74) is 2.45. The zero-order valence-corrected chi connectivity index (χ0v) is 15.8. The van der Waals surface area contributed by atoms with Crippen LogP contribution in [0.15, 0.2) is 30.3 Å². The Morgan fingerprint density at radius 3 is 2.58 bits per heavy atom. The molecule has 1 aromatic heterocycles. The van der Waals surface area contributed by atoms with E-state index < -0.39 is 0 Å². The summed E-state index contributed by atoms with van der Waals surface area (Å²) in [6.07, 6.45) is 7.65. The lowest BCUT2D eigenvalue weighted by Crippen LogP contribution is -2.31. The standard InChI is InChI=1S/C20H23ClFN3O/c1-13-17(20(21)25(2)24-13)11-12-18(26)23-19(14-5-3-4-6-14)15-7-9-16(22)10-8-15/h7-12,14,19H,3-6H2,1-2H3,(H,23,26)/b12-11+. The van der Waals surface area contributed by atoms with Gasteiger partial charge in [0.2, 0.25) is 5.91 Å². The van der Waals surface area contributed by atoms with E-state index in [9.17, 15) is 9.18 Å². The van der Waals surface area contributed by atoms with E-state index in [0.717, 1.165) is 29.7 Å². The average Bonchev–Trinajstić information content (AvgIpc) is 3.22. The van der Waals surface area contributed by atoms with Gasteiger partial charge in [0.15, 0.2) is 0 Å². The zero-order valence-electron chi connectivity index (χ0n) is 15.0. The predicted octanol–water partition coefficient (Wildman–Crippen LogP) is 4.58. The van der Waals surface area contributed by atoms with Crippen LogP contribution in [0.3, 0.4) is 0 Å². The molecular formula is C20H23ClFN3O. The molecule has 1 aliphatic rings. The Balaban J connectivity index is 1.76. The maximum absolute atomic E-state index is 13.3. The molecule has 138 valence electrons. The van der Waals surface area contributed by atoms with E-state index in [0.29, 0.717) is 11.1 Å². The maximum atomic E-state index is 13.3. The molecule has 0 saturated heterocycles. The number of halogens is 2. The van der Waals surface area contributed by atoms with Crippen LogP contribution >= 0.6 is 11.6 Å². The van der Waals surface area contributed by atoms with E-state index in [1.165, 1.54) is 31.1 Å². The summed E-state index contributed by atoms with van der Waals surface area (Å²) in [6, 6.07) is 6.28. The molecule has 3 rings (SSSR count). The molecule has 1 N–H and O–H groups in total. The highest BCUT2D eigenvalue weighted by atomic mass is 35.5. The molecule has 0 bridgehead atoms. The van der Waals surface area contributed by atoms with E-state index in [1.54, 1.807) is 29.9 Å². The van der Waals surface area contributed by atoms with Gasteiger partial charge in [-0.15, -0.1) is 0 Å². The number of hydrogen-bond donors (Lipinski definition) is 1. The van der Waals surface area contributed by atoms with Gasteiger partial charge < -0.3 is 5.32 Å². The average molecular weight is 376 g/mol. The number of nitrogens with one attached hydrogen (secondary N) is 1. The van der Waals surface area contributed by atoms with Gasteiger partial charge in [0.25, 0.3) is 0 Å². The van der Waals surface area contributed by atoms with Crippen molar-refractivity contribution in [3.05, 3.63) is 58.1 Å². The topological polar surface area (TPSA) is 46.9 Å². The number of aromatic nitrogens is 2. The molecule has 0 spiro atoms. The van der Waals surface area contributed by atoms with Crippen molar-refractivity contribution < 1.29 is 9.18 Å². The van der Waals surface area contributed by atoms with Crippen molar-refractivity contribution in [3.63, 3.8) is 0 Å². The van der Waals surface area contributed by atoms with Crippen molar-refractivity contribution in [3.8, 4) is 0 Å². The van der Waals surface area contributed by atoms with Crippen LogP contribution in [0.2, 0.25) is 5.15 Å². The van der Waals surface area contributed by atoms with Crippen molar-refractivity contribution in [2.75, 3.05) is 0 Å². The van der Waals surface area contributed by atoms with Crippen LogP contribution in [0, 0.1) is 18.7 Å². The molecule has 1 fully saturated rings. The molecule has 1 atom stereocenters. The Morgan fingerprint density at radius 1 is 1.35 bits per heavy atom. The fourth-order valence-corrected chi connectivity index (χ4v) is 3.87. The molecule has 0 radical (unpaired) electrons. The minimum atomic E-state index is -0.271. The van der Waals surface area contributed by atoms with Crippen LogP contribution < -0.4 is 5.32 Å². The quantitative estimate of drug-likeness (QED) is 0.777. The van der Waals surface area contributed by atoms with Crippen LogP contribution in [0.25, 0.3) is 6.08 Å². The first-order valence-corrected chi connectivity index (χ1v) is 9.26. The molecule has 1 aromatic carbocycles. The second-order valence-electron chi connectivity index (χ2n) is 6.83. The van der Waals surface area contributed by atoms with Gasteiger partial charge in [0.05, 0.1) is 11.7 Å². The summed E-state index contributed by atoms with van der Waals surface area (Å²) >= 11 is 6.20. The van der Waals surface area contributed by atoms with Crippen LogP contribution in [0.4, 0.5) is 4.39 Å². The van der Waals surface area contributed by atoms with Gasteiger partial charge in [0, 0.05) is 18.7 Å². The second-order valence-corrected chi connectivity index (χ2v) is 7.19. The van der Waals surface area contributed by atoms with Crippen LogP contribution in [-0.2, 0) is 11.8 Å². The minimum absolute atomic E-state index is 0.110. The normalized spacial score (nSPS) is 16.3.